The van der Waals surface area contributed by atoms with Crippen LogP contribution in [0.1, 0.15) is 19.4 Å². The van der Waals surface area contributed by atoms with Crippen LogP contribution in [-0.2, 0) is 6.54 Å². The van der Waals surface area contributed by atoms with E-state index in [2.05, 4.69) is 29.1 Å². The summed E-state index contributed by atoms with van der Waals surface area (Å²) in [5, 5.41) is 4.09. The highest BCUT2D eigenvalue weighted by Crippen LogP contribution is 2.31. The van der Waals surface area contributed by atoms with Crippen LogP contribution in [0.5, 0.6) is 0 Å². The standard InChI is InChI=1S/C15H18FN3S/c1-11(2)8-18-9-12-4-3-5-13(16)15(12)20-14-6-7-17-10-19-14/h3-7,10-11,18H,8-9H2,1-2H3. The van der Waals surface area contributed by atoms with E-state index in [4.69, 9.17) is 0 Å². The third kappa shape index (κ3) is 4.28. The number of hydrogen-bond acceptors (Lipinski definition) is 4. The molecule has 20 heavy (non-hydrogen) atoms. The zero-order valence-electron chi connectivity index (χ0n) is 11.6. The third-order valence-corrected chi connectivity index (χ3v) is 3.79. The maximum Gasteiger partial charge on any atom is 0.137 e. The van der Waals surface area contributed by atoms with E-state index in [0.29, 0.717) is 17.4 Å². The van der Waals surface area contributed by atoms with Crippen molar-refractivity contribution in [1.82, 2.24) is 15.3 Å². The van der Waals surface area contributed by atoms with Gasteiger partial charge in [-0.15, -0.1) is 0 Å². The van der Waals surface area contributed by atoms with E-state index in [1.165, 1.54) is 24.2 Å². The lowest BCUT2D eigenvalue weighted by atomic mass is 10.2. The maximum atomic E-state index is 14.0. The molecule has 0 aliphatic carbocycles. The molecule has 2 rings (SSSR count). The van der Waals surface area contributed by atoms with Crippen molar-refractivity contribution >= 4 is 11.8 Å². The first kappa shape index (κ1) is 14.9. The predicted molar refractivity (Wildman–Crippen MR) is 79.1 cm³/mol. The van der Waals surface area contributed by atoms with Crippen molar-refractivity contribution in [3.63, 3.8) is 0 Å². The van der Waals surface area contributed by atoms with Crippen LogP contribution in [0.25, 0.3) is 0 Å². The molecule has 1 aromatic heterocycles. The Morgan fingerprint density at radius 1 is 1.30 bits per heavy atom. The molecule has 3 nitrogen and oxygen atoms in total. The van der Waals surface area contributed by atoms with Crippen molar-refractivity contribution in [3.05, 3.63) is 48.2 Å². The molecule has 0 spiro atoms. The number of hydrogen-bond donors (Lipinski definition) is 1. The van der Waals surface area contributed by atoms with Crippen LogP contribution in [0.15, 0.2) is 46.7 Å². The summed E-state index contributed by atoms with van der Waals surface area (Å²) < 4.78 is 14.0. The molecule has 0 saturated heterocycles. The summed E-state index contributed by atoms with van der Waals surface area (Å²) in [4.78, 5) is 8.63. The number of nitrogens with one attached hydrogen (secondary N) is 1. The Morgan fingerprint density at radius 2 is 2.15 bits per heavy atom. The fourth-order valence-electron chi connectivity index (χ4n) is 1.75. The second-order valence-electron chi connectivity index (χ2n) is 4.90. The van der Waals surface area contributed by atoms with Gasteiger partial charge in [0.15, 0.2) is 0 Å². The van der Waals surface area contributed by atoms with Crippen LogP contribution >= 0.6 is 11.8 Å². The van der Waals surface area contributed by atoms with Gasteiger partial charge in [-0.3, -0.25) is 0 Å². The van der Waals surface area contributed by atoms with Gasteiger partial charge in [0.25, 0.3) is 0 Å². The summed E-state index contributed by atoms with van der Waals surface area (Å²) in [7, 11) is 0. The van der Waals surface area contributed by atoms with E-state index >= 15 is 0 Å². The van der Waals surface area contributed by atoms with E-state index in [9.17, 15) is 4.39 Å². The average Bonchev–Trinajstić information content (AvgIpc) is 2.43. The molecule has 0 unspecified atom stereocenters. The molecule has 0 amide bonds. The largest absolute Gasteiger partial charge is 0.312 e. The fourth-order valence-corrected chi connectivity index (χ4v) is 2.62. The molecule has 106 valence electrons. The minimum atomic E-state index is -0.211. The highest BCUT2D eigenvalue weighted by atomic mass is 32.2. The Hall–Kier alpha value is -1.46. The number of nitrogens with zero attached hydrogens (tertiary/aromatic N) is 2. The van der Waals surface area contributed by atoms with Crippen LogP contribution in [0, 0.1) is 11.7 Å². The zero-order chi connectivity index (χ0) is 14.4. The molecule has 0 atom stereocenters. The quantitative estimate of drug-likeness (QED) is 0.827. The van der Waals surface area contributed by atoms with Crippen LogP contribution < -0.4 is 5.32 Å². The van der Waals surface area contributed by atoms with Gasteiger partial charge in [-0.05, 0) is 30.2 Å². The number of aromatic nitrogens is 2. The SMILES string of the molecule is CC(C)CNCc1cccc(F)c1Sc1ccncn1. The molecular weight excluding hydrogens is 273 g/mol. The molecule has 0 saturated carbocycles. The summed E-state index contributed by atoms with van der Waals surface area (Å²) in [6, 6.07) is 6.95. The van der Waals surface area contributed by atoms with Crippen molar-refractivity contribution in [2.45, 2.75) is 30.3 Å². The van der Waals surface area contributed by atoms with Crippen LogP contribution in [0.3, 0.4) is 0 Å². The van der Waals surface area contributed by atoms with Crippen molar-refractivity contribution in [2.24, 2.45) is 5.92 Å². The van der Waals surface area contributed by atoms with Crippen molar-refractivity contribution in [2.75, 3.05) is 6.54 Å². The Kier molecular flexibility index (Phi) is 5.49. The fraction of sp³-hybridized carbons (Fsp3) is 0.333. The second-order valence-corrected chi connectivity index (χ2v) is 5.93. The molecule has 1 aromatic carbocycles. The van der Waals surface area contributed by atoms with Crippen LogP contribution in [0.2, 0.25) is 0 Å². The smallest absolute Gasteiger partial charge is 0.137 e. The minimum absolute atomic E-state index is 0.211. The van der Waals surface area contributed by atoms with Gasteiger partial charge < -0.3 is 5.32 Å². The topological polar surface area (TPSA) is 37.8 Å². The molecule has 1 heterocycles. The molecule has 1 N–H and O–H groups in total. The van der Waals surface area contributed by atoms with Gasteiger partial charge in [0, 0.05) is 12.7 Å². The van der Waals surface area contributed by atoms with Gasteiger partial charge in [0.1, 0.15) is 17.2 Å². The van der Waals surface area contributed by atoms with Gasteiger partial charge in [-0.2, -0.15) is 0 Å². The predicted octanol–water partition coefficient (Wildman–Crippen LogP) is 3.51. The number of benzene rings is 1. The summed E-state index contributed by atoms with van der Waals surface area (Å²) in [6.07, 6.45) is 3.13. The Bertz CT molecular complexity index is 546. The average molecular weight is 291 g/mol. The van der Waals surface area contributed by atoms with E-state index in [0.717, 1.165) is 17.1 Å². The first-order chi connectivity index (χ1) is 9.66. The Morgan fingerprint density at radius 3 is 2.85 bits per heavy atom. The highest BCUT2D eigenvalue weighted by molar-refractivity contribution is 7.99. The second kappa shape index (κ2) is 7.36. The van der Waals surface area contributed by atoms with E-state index in [1.54, 1.807) is 18.3 Å². The molecule has 0 aliphatic heterocycles. The molecular formula is C15H18FN3S. The van der Waals surface area contributed by atoms with E-state index < -0.39 is 0 Å². The zero-order valence-corrected chi connectivity index (χ0v) is 12.5. The Balaban J connectivity index is 2.14. The van der Waals surface area contributed by atoms with Crippen molar-refractivity contribution in [1.29, 1.82) is 0 Å². The summed E-state index contributed by atoms with van der Waals surface area (Å²) in [6.45, 7) is 5.86. The Labute approximate surface area is 123 Å². The summed E-state index contributed by atoms with van der Waals surface area (Å²) in [5.74, 6) is 0.360. The molecule has 5 heteroatoms. The van der Waals surface area contributed by atoms with Crippen LogP contribution in [-0.4, -0.2) is 16.5 Å². The lowest BCUT2D eigenvalue weighted by Crippen LogP contribution is -2.19. The minimum Gasteiger partial charge on any atom is -0.312 e. The van der Waals surface area contributed by atoms with Crippen molar-refractivity contribution < 1.29 is 4.39 Å². The molecule has 0 aliphatic rings. The maximum absolute atomic E-state index is 14.0. The molecule has 0 radical (unpaired) electrons. The van der Waals surface area contributed by atoms with Crippen LogP contribution in [0.4, 0.5) is 4.39 Å². The normalized spacial score (nSPS) is 11.0. The first-order valence-corrected chi connectivity index (χ1v) is 7.40. The number of rotatable bonds is 6. The molecule has 2 aromatic rings. The van der Waals surface area contributed by atoms with E-state index in [-0.39, 0.29) is 5.82 Å². The number of halogens is 1. The van der Waals surface area contributed by atoms with E-state index in [1.807, 2.05) is 6.07 Å². The molecule has 0 bridgehead atoms. The van der Waals surface area contributed by atoms with Gasteiger partial charge >= 0.3 is 0 Å². The van der Waals surface area contributed by atoms with Gasteiger partial charge in [-0.1, -0.05) is 37.7 Å². The summed E-state index contributed by atoms with van der Waals surface area (Å²) >= 11 is 1.33. The third-order valence-electron chi connectivity index (χ3n) is 2.68. The first-order valence-electron chi connectivity index (χ1n) is 6.59. The van der Waals surface area contributed by atoms with Gasteiger partial charge in [0.05, 0.1) is 4.90 Å². The lowest BCUT2D eigenvalue weighted by Gasteiger charge is -2.12. The summed E-state index contributed by atoms with van der Waals surface area (Å²) in [5.41, 5.74) is 0.953. The monoisotopic (exact) mass is 291 g/mol. The van der Waals surface area contributed by atoms with Gasteiger partial charge in [-0.25, -0.2) is 14.4 Å². The highest BCUT2D eigenvalue weighted by Gasteiger charge is 2.10. The molecule has 0 fully saturated rings. The van der Waals surface area contributed by atoms with Crippen molar-refractivity contribution in [3.8, 4) is 0 Å². The lowest BCUT2D eigenvalue weighted by molar-refractivity contribution is 0.543. The van der Waals surface area contributed by atoms with Gasteiger partial charge in [0.2, 0.25) is 0 Å².